The standard InChI is InChI=1S/C10H9ClO3S/c1-13-15-8-3-2-6(11)10-9(8)7(12)4-5-14-10/h2-3H,4-5H2,1H3. The average molecular weight is 245 g/mol. The Labute approximate surface area is 96.9 Å². The smallest absolute Gasteiger partial charge is 0.171 e. The summed E-state index contributed by atoms with van der Waals surface area (Å²) >= 11 is 7.10. The molecule has 2 rings (SSSR count). The lowest BCUT2D eigenvalue weighted by atomic mass is 10.1. The molecular weight excluding hydrogens is 236 g/mol. The van der Waals surface area contributed by atoms with Crippen molar-refractivity contribution in [3.63, 3.8) is 0 Å². The van der Waals surface area contributed by atoms with Gasteiger partial charge in [0, 0.05) is 23.4 Å². The fourth-order valence-corrected chi connectivity index (χ4v) is 2.28. The van der Waals surface area contributed by atoms with Crippen LogP contribution in [0.2, 0.25) is 5.02 Å². The lowest BCUT2D eigenvalue weighted by molar-refractivity contribution is 0.0929. The first kappa shape index (κ1) is 10.8. The van der Waals surface area contributed by atoms with Gasteiger partial charge in [-0.3, -0.25) is 4.79 Å². The second-order valence-corrected chi connectivity index (χ2v) is 4.37. The molecular formula is C10H9ClO3S. The van der Waals surface area contributed by atoms with Gasteiger partial charge in [-0.1, -0.05) is 11.6 Å². The first-order valence-corrected chi connectivity index (χ1v) is 5.55. The van der Waals surface area contributed by atoms with Crippen molar-refractivity contribution < 1.29 is 13.7 Å². The number of fused-ring (bicyclic) bond motifs is 1. The van der Waals surface area contributed by atoms with Crippen LogP contribution < -0.4 is 4.74 Å². The van der Waals surface area contributed by atoms with Gasteiger partial charge in [-0.25, -0.2) is 0 Å². The second-order valence-electron chi connectivity index (χ2n) is 3.02. The maximum atomic E-state index is 11.7. The summed E-state index contributed by atoms with van der Waals surface area (Å²) in [6, 6.07) is 3.47. The van der Waals surface area contributed by atoms with Gasteiger partial charge in [0.25, 0.3) is 0 Å². The highest BCUT2D eigenvalue weighted by atomic mass is 35.5. The molecule has 0 fully saturated rings. The van der Waals surface area contributed by atoms with Crippen LogP contribution in [0.15, 0.2) is 17.0 Å². The predicted molar refractivity (Wildman–Crippen MR) is 58.8 cm³/mol. The largest absolute Gasteiger partial charge is 0.491 e. The summed E-state index contributed by atoms with van der Waals surface area (Å²) < 4.78 is 10.3. The molecule has 1 aromatic rings. The molecule has 1 aliphatic heterocycles. The Balaban J connectivity index is 2.54. The van der Waals surface area contributed by atoms with Gasteiger partial charge >= 0.3 is 0 Å². The van der Waals surface area contributed by atoms with Crippen LogP contribution in [0.5, 0.6) is 5.75 Å². The molecule has 1 aliphatic rings. The molecule has 0 spiro atoms. The average Bonchev–Trinajstić information content (AvgIpc) is 2.23. The SMILES string of the molecule is COSc1ccc(Cl)c2c1C(=O)CCO2. The van der Waals surface area contributed by atoms with E-state index in [9.17, 15) is 4.79 Å². The zero-order valence-electron chi connectivity index (χ0n) is 8.08. The van der Waals surface area contributed by atoms with Gasteiger partial charge in [0.1, 0.15) is 5.75 Å². The third kappa shape index (κ3) is 1.97. The van der Waals surface area contributed by atoms with E-state index in [-0.39, 0.29) is 5.78 Å². The van der Waals surface area contributed by atoms with Gasteiger partial charge in [-0.2, -0.15) is 0 Å². The molecule has 80 valence electrons. The normalized spacial score (nSPS) is 14.7. The second kappa shape index (κ2) is 4.43. The molecule has 3 nitrogen and oxygen atoms in total. The van der Waals surface area contributed by atoms with E-state index in [1.54, 1.807) is 19.2 Å². The summed E-state index contributed by atoms with van der Waals surface area (Å²) in [6.45, 7) is 0.395. The van der Waals surface area contributed by atoms with Crippen LogP contribution in [0, 0.1) is 0 Å². The Morgan fingerprint density at radius 3 is 3.07 bits per heavy atom. The number of hydrogen-bond acceptors (Lipinski definition) is 4. The summed E-state index contributed by atoms with van der Waals surface area (Å²) in [4.78, 5) is 12.5. The van der Waals surface area contributed by atoms with E-state index >= 15 is 0 Å². The van der Waals surface area contributed by atoms with Crippen molar-refractivity contribution in [1.82, 2.24) is 0 Å². The van der Waals surface area contributed by atoms with E-state index in [4.69, 9.17) is 20.5 Å². The van der Waals surface area contributed by atoms with Crippen molar-refractivity contribution in [3.8, 4) is 5.75 Å². The molecule has 0 atom stereocenters. The fraction of sp³-hybridized carbons (Fsp3) is 0.300. The Bertz CT molecular complexity index is 406. The van der Waals surface area contributed by atoms with Gasteiger partial charge in [0.2, 0.25) is 0 Å². The van der Waals surface area contributed by atoms with Crippen LogP contribution in [0.1, 0.15) is 16.8 Å². The van der Waals surface area contributed by atoms with Crippen LogP contribution in [0.25, 0.3) is 0 Å². The third-order valence-corrected chi connectivity index (χ3v) is 3.08. The number of halogens is 1. The summed E-state index contributed by atoms with van der Waals surface area (Å²) in [5.41, 5.74) is 0.542. The quantitative estimate of drug-likeness (QED) is 0.750. The van der Waals surface area contributed by atoms with Crippen LogP contribution in [-0.4, -0.2) is 19.5 Å². The molecule has 0 aliphatic carbocycles. The van der Waals surface area contributed by atoms with E-state index in [0.717, 1.165) is 16.9 Å². The number of Topliss-reactive ketones (excluding diaryl/α,β-unsaturated/α-hetero) is 1. The van der Waals surface area contributed by atoms with Crippen LogP contribution in [0.4, 0.5) is 0 Å². The molecule has 15 heavy (non-hydrogen) atoms. The first-order chi connectivity index (χ1) is 7.24. The number of ether oxygens (including phenoxy) is 1. The number of hydrogen-bond donors (Lipinski definition) is 0. The molecule has 0 saturated carbocycles. The zero-order chi connectivity index (χ0) is 10.8. The van der Waals surface area contributed by atoms with E-state index < -0.39 is 0 Å². The lowest BCUT2D eigenvalue weighted by Crippen LogP contribution is -2.16. The van der Waals surface area contributed by atoms with Crippen molar-refractivity contribution in [2.24, 2.45) is 0 Å². The van der Waals surface area contributed by atoms with E-state index in [2.05, 4.69) is 0 Å². The Kier molecular flexibility index (Phi) is 3.19. The maximum absolute atomic E-state index is 11.7. The Hall–Kier alpha value is -0.710. The topological polar surface area (TPSA) is 35.5 Å². The molecule has 0 radical (unpaired) electrons. The first-order valence-electron chi connectivity index (χ1n) is 4.43. The van der Waals surface area contributed by atoms with Gasteiger partial charge in [-0.05, 0) is 12.1 Å². The molecule has 5 heteroatoms. The minimum absolute atomic E-state index is 0.0540. The number of carbonyl (C=O) groups is 1. The fourth-order valence-electron chi connectivity index (χ4n) is 1.47. The van der Waals surface area contributed by atoms with Crippen LogP contribution >= 0.6 is 23.6 Å². The van der Waals surface area contributed by atoms with Crippen molar-refractivity contribution in [1.29, 1.82) is 0 Å². The van der Waals surface area contributed by atoms with Crippen molar-refractivity contribution >= 4 is 29.4 Å². The van der Waals surface area contributed by atoms with E-state index in [1.165, 1.54) is 0 Å². The minimum atomic E-state index is 0.0540. The number of ketones is 1. The third-order valence-electron chi connectivity index (χ3n) is 2.10. The van der Waals surface area contributed by atoms with Crippen LogP contribution in [-0.2, 0) is 4.18 Å². The summed E-state index contributed by atoms with van der Waals surface area (Å²) in [5, 5.41) is 0.471. The number of benzene rings is 1. The zero-order valence-corrected chi connectivity index (χ0v) is 9.65. The summed E-state index contributed by atoms with van der Waals surface area (Å²) in [6.07, 6.45) is 0.393. The summed E-state index contributed by atoms with van der Waals surface area (Å²) in [5.74, 6) is 0.535. The predicted octanol–water partition coefficient (Wildman–Crippen LogP) is 2.96. The monoisotopic (exact) mass is 244 g/mol. The van der Waals surface area contributed by atoms with Crippen LogP contribution in [0.3, 0.4) is 0 Å². The van der Waals surface area contributed by atoms with Crippen molar-refractivity contribution in [2.45, 2.75) is 11.3 Å². The minimum Gasteiger partial charge on any atom is -0.491 e. The highest BCUT2D eigenvalue weighted by molar-refractivity contribution is 7.94. The van der Waals surface area contributed by atoms with Gasteiger partial charge in [0.15, 0.2) is 5.78 Å². The molecule has 0 saturated heterocycles. The summed E-state index contributed by atoms with van der Waals surface area (Å²) in [7, 11) is 1.56. The number of rotatable bonds is 2. The van der Waals surface area contributed by atoms with E-state index in [1.807, 2.05) is 0 Å². The van der Waals surface area contributed by atoms with Crippen molar-refractivity contribution in [2.75, 3.05) is 13.7 Å². The van der Waals surface area contributed by atoms with Gasteiger partial charge in [0.05, 0.1) is 24.3 Å². The maximum Gasteiger partial charge on any atom is 0.171 e. The molecule has 0 unspecified atom stereocenters. The Morgan fingerprint density at radius 1 is 1.53 bits per heavy atom. The molecule has 0 N–H and O–H groups in total. The molecule has 0 bridgehead atoms. The molecule has 0 aromatic heterocycles. The molecule has 1 heterocycles. The van der Waals surface area contributed by atoms with Gasteiger partial charge < -0.3 is 8.92 Å². The van der Waals surface area contributed by atoms with Gasteiger partial charge in [-0.15, -0.1) is 0 Å². The van der Waals surface area contributed by atoms with Crippen molar-refractivity contribution in [3.05, 3.63) is 22.7 Å². The highest BCUT2D eigenvalue weighted by Gasteiger charge is 2.24. The lowest BCUT2D eigenvalue weighted by Gasteiger charge is -2.19. The highest BCUT2D eigenvalue weighted by Crippen LogP contribution is 2.38. The molecule has 0 amide bonds. The number of carbonyl (C=O) groups excluding carboxylic acids is 1. The molecule has 1 aromatic carbocycles. The van der Waals surface area contributed by atoms with E-state index in [0.29, 0.717) is 29.4 Å². The Morgan fingerprint density at radius 2 is 2.33 bits per heavy atom.